The third-order valence-electron chi connectivity index (χ3n) is 7.22. The molecular weight excluding hydrogens is 638 g/mol. The molecule has 2 aromatic rings. The Balaban J connectivity index is 0.000000466. The summed E-state index contributed by atoms with van der Waals surface area (Å²) >= 11 is 1.65. The number of aromatic nitrogens is 3. The molecule has 1 amide bonds. The van der Waals surface area contributed by atoms with Gasteiger partial charge in [-0.1, -0.05) is 25.2 Å². The van der Waals surface area contributed by atoms with Gasteiger partial charge in [-0.2, -0.15) is 4.57 Å². The first-order chi connectivity index (χ1) is 20.5. The van der Waals surface area contributed by atoms with E-state index in [1.165, 1.54) is 18.7 Å². The Bertz CT molecular complexity index is 1240. The first kappa shape index (κ1) is 40.4. The van der Waals surface area contributed by atoms with Crippen molar-refractivity contribution in [2.24, 2.45) is 5.41 Å². The lowest BCUT2D eigenvalue weighted by molar-refractivity contribution is -0.689. The van der Waals surface area contributed by atoms with E-state index in [4.69, 9.17) is 20.7 Å². The van der Waals surface area contributed by atoms with Crippen molar-refractivity contribution in [3.05, 3.63) is 33.7 Å². The molecule has 7 atom stereocenters. The number of ether oxygens (including phenoxy) is 1. The summed E-state index contributed by atoms with van der Waals surface area (Å²) in [5, 5.41) is 78.2. The average molecular weight is 682 g/mol. The van der Waals surface area contributed by atoms with Gasteiger partial charge in [0.25, 0.3) is 0 Å². The molecule has 1 saturated carbocycles. The van der Waals surface area contributed by atoms with Crippen molar-refractivity contribution in [3.63, 3.8) is 0 Å². The van der Waals surface area contributed by atoms with E-state index in [9.17, 15) is 40.2 Å². The molecule has 16 nitrogen and oxygen atoms in total. The highest BCUT2D eigenvalue weighted by Crippen LogP contribution is 2.24. The highest BCUT2D eigenvalue weighted by atomic mass is 35.5. The number of amides is 1. The normalized spacial score (nSPS) is 23.6. The van der Waals surface area contributed by atoms with Gasteiger partial charge in [0.15, 0.2) is 18.3 Å². The number of thiazole rings is 1. The second-order valence-corrected chi connectivity index (χ2v) is 12.1. The Morgan fingerprint density at radius 2 is 1.67 bits per heavy atom. The summed E-state index contributed by atoms with van der Waals surface area (Å²) < 4.78 is 6.92. The van der Waals surface area contributed by atoms with Gasteiger partial charge >= 0.3 is 5.97 Å². The Morgan fingerprint density at radius 3 is 2.20 bits per heavy atom. The molecule has 0 aliphatic heterocycles. The molecule has 2 unspecified atom stereocenters. The highest BCUT2D eigenvalue weighted by Gasteiger charge is 2.50. The van der Waals surface area contributed by atoms with Crippen LogP contribution in [0.15, 0.2) is 11.7 Å². The molecule has 2 heterocycles. The fourth-order valence-electron chi connectivity index (χ4n) is 4.14. The monoisotopic (exact) mass is 681 g/mol. The summed E-state index contributed by atoms with van der Waals surface area (Å²) in [5.41, 5.74) is 8.93. The van der Waals surface area contributed by atoms with Crippen molar-refractivity contribution < 1.29 is 72.2 Å². The zero-order valence-corrected chi connectivity index (χ0v) is 27.0. The third kappa shape index (κ3) is 10.7. The predicted octanol–water partition coefficient (Wildman–Crippen LogP) is -6.79. The minimum absolute atomic E-state index is 0. The quantitative estimate of drug-likeness (QED) is 0.0780. The van der Waals surface area contributed by atoms with Crippen LogP contribution < -0.4 is 28.0 Å². The lowest BCUT2D eigenvalue weighted by Crippen LogP contribution is -3.00. The van der Waals surface area contributed by atoms with Crippen LogP contribution in [-0.4, -0.2) is 125 Å². The zero-order chi connectivity index (χ0) is 33.4. The number of aryl methyl sites for hydroxylation is 1. The molecule has 0 aromatic carbocycles. The molecule has 11 N–H and O–H groups in total. The second kappa shape index (κ2) is 17.9. The number of halogens is 1. The third-order valence-corrected chi connectivity index (χ3v) is 8.36. The number of anilines is 1. The van der Waals surface area contributed by atoms with Gasteiger partial charge in [-0.05, 0) is 6.92 Å². The molecule has 1 aliphatic rings. The number of carbonyl (C=O) groups excluding carboxylic acids is 2. The first-order valence-corrected chi connectivity index (χ1v) is 14.7. The maximum atomic E-state index is 11.8. The fraction of sp³-hybridized carbons (Fsp3) is 0.667. The van der Waals surface area contributed by atoms with Gasteiger partial charge < -0.3 is 69.0 Å². The van der Waals surface area contributed by atoms with E-state index in [1.807, 2.05) is 19.4 Å². The van der Waals surface area contributed by atoms with Crippen LogP contribution in [-0.2, 0) is 27.3 Å². The molecule has 1 aliphatic carbocycles. The summed E-state index contributed by atoms with van der Waals surface area (Å²) in [6.45, 7) is 7.00. The highest BCUT2D eigenvalue weighted by molar-refractivity contribution is 7.09. The summed E-state index contributed by atoms with van der Waals surface area (Å²) in [6.07, 6.45) is -10.1. The number of nitrogen functional groups attached to an aromatic ring is 1. The Kier molecular flexibility index (Phi) is 16.1. The van der Waals surface area contributed by atoms with Crippen molar-refractivity contribution in [2.45, 2.75) is 89.8 Å². The van der Waals surface area contributed by atoms with Crippen molar-refractivity contribution in [2.75, 3.05) is 25.5 Å². The van der Waals surface area contributed by atoms with Crippen molar-refractivity contribution in [1.82, 2.24) is 15.3 Å². The number of hydrogen-bond donors (Lipinski definition) is 10. The van der Waals surface area contributed by atoms with Crippen LogP contribution in [0, 0.1) is 19.3 Å². The number of aliphatic hydroxyl groups is 8. The van der Waals surface area contributed by atoms with E-state index < -0.39 is 66.6 Å². The molecule has 0 radical (unpaired) electrons. The number of hydrogen-bond acceptors (Lipinski definition) is 15. The van der Waals surface area contributed by atoms with E-state index >= 15 is 0 Å². The summed E-state index contributed by atoms with van der Waals surface area (Å²) in [7, 11) is 0. The second-order valence-electron chi connectivity index (χ2n) is 11.2. The van der Waals surface area contributed by atoms with E-state index in [2.05, 4.69) is 19.9 Å². The van der Waals surface area contributed by atoms with Crippen LogP contribution >= 0.6 is 11.3 Å². The summed E-state index contributed by atoms with van der Waals surface area (Å²) in [5.74, 6) is -0.544. The largest absolute Gasteiger partial charge is 1.00 e. The van der Waals surface area contributed by atoms with Gasteiger partial charge in [0.05, 0.1) is 23.5 Å². The SMILES string of the molecule is CC(C)(CO)[C@@H](O)C(=O)NCCC(=O)OC1[C@@H](O)[C@H](O)C(O)[C@H](O)[C@@H]1O.Cc1ncc(C[n+]2csc(CCO)c2C)c(N)n1.[Cl-]. The molecule has 256 valence electrons. The van der Waals surface area contributed by atoms with E-state index in [0.29, 0.717) is 24.6 Å². The maximum absolute atomic E-state index is 11.8. The van der Waals surface area contributed by atoms with Gasteiger partial charge in [-0.25, -0.2) is 9.97 Å². The molecular formula is C27H44ClN5O11S. The van der Waals surface area contributed by atoms with Gasteiger partial charge in [-0.15, -0.1) is 0 Å². The van der Waals surface area contributed by atoms with Crippen LogP contribution in [0.2, 0.25) is 0 Å². The number of nitrogens with one attached hydrogen (secondary N) is 1. The van der Waals surface area contributed by atoms with Gasteiger partial charge in [0.1, 0.15) is 48.3 Å². The molecule has 0 bridgehead atoms. The Labute approximate surface area is 270 Å². The van der Waals surface area contributed by atoms with Crippen LogP contribution in [0.5, 0.6) is 0 Å². The lowest BCUT2D eigenvalue weighted by Gasteiger charge is -2.41. The number of rotatable bonds is 11. The van der Waals surface area contributed by atoms with Crippen molar-refractivity contribution in [3.8, 4) is 0 Å². The number of nitrogens with two attached hydrogens (primary N) is 1. The summed E-state index contributed by atoms with van der Waals surface area (Å²) in [4.78, 5) is 33.1. The topological polar surface area (TPSA) is 273 Å². The predicted molar refractivity (Wildman–Crippen MR) is 155 cm³/mol. The van der Waals surface area contributed by atoms with E-state index in [-0.39, 0.29) is 32.0 Å². The molecule has 3 rings (SSSR count). The van der Waals surface area contributed by atoms with Crippen LogP contribution in [0.4, 0.5) is 5.82 Å². The van der Waals surface area contributed by atoms with E-state index in [1.54, 1.807) is 17.5 Å². The summed E-state index contributed by atoms with van der Waals surface area (Å²) in [6, 6.07) is 0. The smallest absolute Gasteiger partial charge is 0.308 e. The Morgan fingerprint density at radius 1 is 1.09 bits per heavy atom. The van der Waals surface area contributed by atoms with Gasteiger partial charge in [0.2, 0.25) is 11.4 Å². The van der Waals surface area contributed by atoms with Gasteiger partial charge in [0, 0.05) is 38.1 Å². The number of esters is 1. The minimum atomic E-state index is -1.82. The first-order valence-electron chi connectivity index (χ1n) is 13.9. The molecule has 0 saturated heterocycles. The van der Waals surface area contributed by atoms with Crippen molar-refractivity contribution in [1.29, 1.82) is 0 Å². The van der Waals surface area contributed by atoms with Crippen LogP contribution in [0.1, 0.15) is 42.2 Å². The Hall–Kier alpha value is -2.58. The van der Waals surface area contributed by atoms with Crippen LogP contribution in [0.3, 0.4) is 0 Å². The standard InChI is InChI=1S/C15H27NO10.C12H17N4OS.ClH/c1-15(2,5-17)13(24)14(25)16-4-3-6(18)26-12-10(22)8(20)7(19)9(21)11(12)23;1-8-11(3-4-17)18-7-16(8)6-10-5-14-9(2)15-12(10)13;/h7-13,17,19-24H,3-5H2,1-2H3,(H,16,25);5,7,17H,3-4,6H2,1-2H3,(H2,13,14,15);1H/q;+1;/p-1/t7?,8-,9+,10-,11-,12?,13-;;/m0../s1. The number of nitrogens with zero attached hydrogens (tertiary/aromatic N) is 3. The number of carbonyl (C=O) groups is 2. The molecule has 18 heteroatoms. The molecule has 2 aromatic heterocycles. The number of aliphatic hydroxyl groups excluding tert-OH is 8. The average Bonchev–Trinajstić information content (AvgIpc) is 3.32. The van der Waals surface area contributed by atoms with Gasteiger partial charge in [-0.3, -0.25) is 9.59 Å². The lowest BCUT2D eigenvalue weighted by atomic mass is 9.85. The molecule has 45 heavy (non-hydrogen) atoms. The maximum Gasteiger partial charge on any atom is 0.308 e. The fourth-order valence-corrected chi connectivity index (χ4v) is 5.12. The van der Waals surface area contributed by atoms with E-state index in [0.717, 1.165) is 11.3 Å². The van der Waals surface area contributed by atoms with Crippen LogP contribution in [0.25, 0.3) is 0 Å². The molecule has 1 fully saturated rings. The molecule has 0 spiro atoms. The minimum Gasteiger partial charge on any atom is -1.00 e. The van der Waals surface area contributed by atoms with Crippen molar-refractivity contribution >= 4 is 29.0 Å². The zero-order valence-electron chi connectivity index (χ0n) is 25.4.